The Kier molecular flexibility index (Phi) is 4.36. The SMILES string of the molecule is CC(C)(C)c1nnc(N2CCC(C(=O)N3CCOCC3)C2)s1. The van der Waals surface area contributed by atoms with Gasteiger partial charge in [-0.15, -0.1) is 10.2 Å². The number of morpholine rings is 1. The maximum Gasteiger partial charge on any atom is 0.227 e. The van der Waals surface area contributed by atoms with E-state index in [-0.39, 0.29) is 17.2 Å². The summed E-state index contributed by atoms with van der Waals surface area (Å²) in [5, 5.41) is 10.6. The highest BCUT2D eigenvalue weighted by Crippen LogP contribution is 2.32. The molecule has 1 atom stereocenters. The first-order valence-corrected chi connectivity index (χ1v) is 8.72. The van der Waals surface area contributed by atoms with Crippen LogP contribution < -0.4 is 4.90 Å². The Hall–Kier alpha value is -1.21. The fourth-order valence-electron chi connectivity index (χ4n) is 2.82. The molecule has 2 aliphatic heterocycles. The summed E-state index contributed by atoms with van der Waals surface area (Å²) in [7, 11) is 0. The Balaban J connectivity index is 1.62. The molecule has 0 aliphatic carbocycles. The van der Waals surface area contributed by atoms with Gasteiger partial charge in [0.25, 0.3) is 0 Å². The monoisotopic (exact) mass is 324 g/mol. The Morgan fingerprint density at radius 1 is 1.23 bits per heavy atom. The van der Waals surface area contributed by atoms with Gasteiger partial charge >= 0.3 is 0 Å². The summed E-state index contributed by atoms with van der Waals surface area (Å²) in [5.41, 5.74) is 0.0265. The molecule has 122 valence electrons. The van der Waals surface area contributed by atoms with Crippen molar-refractivity contribution in [1.29, 1.82) is 0 Å². The minimum Gasteiger partial charge on any atom is -0.378 e. The lowest BCUT2D eigenvalue weighted by Gasteiger charge is -2.29. The van der Waals surface area contributed by atoms with Gasteiger partial charge < -0.3 is 14.5 Å². The van der Waals surface area contributed by atoms with Crippen molar-refractivity contribution in [3.8, 4) is 0 Å². The standard InChI is InChI=1S/C15H24N4O2S/c1-15(2,3)13-16-17-14(22-13)19-5-4-11(10-19)12(20)18-6-8-21-9-7-18/h11H,4-10H2,1-3H3. The largest absolute Gasteiger partial charge is 0.378 e. The van der Waals surface area contributed by atoms with Gasteiger partial charge in [-0.25, -0.2) is 0 Å². The van der Waals surface area contributed by atoms with Gasteiger partial charge in [0.15, 0.2) is 0 Å². The van der Waals surface area contributed by atoms with Crippen molar-refractivity contribution >= 4 is 22.4 Å². The highest BCUT2D eigenvalue weighted by molar-refractivity contribution is 7.15. The molecule has 1 unspecified atom stereocenters. The van der Waals surface area contributed by atoms with Crippen LogP contribution in [-0.2, 0) is 14.9 Å². The lowest BCUT2D eigenvalue weighted by Crippen LogP contribution is -2.44. The summed E-state index contributed by atoms with van der Waals surface area (Å²) in [5.74, 6) is 0.353. The molecule has 0 N–H and O–H groups in total. The number of aromatic nitrogens is 2. The Morgan fingerprint density at radius 2 is 1.95 bits per heavy atom. The molecule has 1 aromatic heterocycles. The average Bonchev–Trinajstić information content (AvgIpc) is 3.15. The number of amides is 1. The van der Waals surface area contributed by atoms with E-state index < -0.39 is 0 Å². The zero-order valence-electron chi connectivity index (χ0n) is 13.5. The van der Waals surface area contributed by atoms with Crippen LogP contribution in [0.5, 0.6) is 0 Å². The van der Waals surface area contributed by atoms with Crippen molar-refractivity contribution in [2.45, 2.75) is 32.6 Å². The van der Waals surface area contributed by atoms with Crippen molar-refractivity contribution in [2.24, 2.45) is 5.92 Å². The van der Waals surface area contributed by atoms with Crippen LogP contribution in [0.15, 0.2) is 0 Å². The van der Waals surface area contributed by atoms with Gasteiger partial charge in [0, 0.05) is 31.6 Å². The molecule has 1 amide bonds. The number of anilines is 1. The van der Waals surface area contributed by atoms with Crippen LogP contribution >= 0.6 is 11.3 Å². The van der Waals surface area contributed by atoms with Crippen molar-refractivity contribution in [1.82, 2.24) is 15.1 Å². The summed E-state index contributed by atoms with van der Waals surface area (Å²) < 4.78 is 5.32. The van der Waals surface area contributed by atoms with E-state index in [1.54, 1.807) is 11.3 Å². The van der Waals surface area contributed by atoms with Crippen molar-refractivity contribution in [3.63, 3.8) is 0 Å². The fourth-order valence-corrected chi connectivity index (χ4v) is 3.76. The summed E-state index contributed by atoms with van der Waals surface area (Å²) in [6, 6.07) is 0. The molecular formula is C15H24N4O2S. The predicted octanol–water partition coefficient (Wildman–Crippen LogP) is 1.52. The summed E-state index contributed by atoms with van der Waals surface area (Å²) in [6.07, 6.45) is 0.903. The number of carbonyl (C=O) groups excluding carboxylic acids is 1. The Labute approximate surface area is 135 Å². The highest BCUT2D eigenvalue weighted by Gasteiger charge is 2.34. The van der Waals surface area contributed by atoms with E-state index in [1.165, 1.54) is 0 Å². The van der Waals surface area contributed by atoms with E-state index in [0.29, 0.717) is 13.2 Å². The van der Waals surface area contributed by atoms with Crippen LogP contribution in [0.3, 0.4) is 0 Å². The zero-order chi connectivity index (χ0) is 15.7. The fraction of sp³-hybridized carbons (Fsp3) is 0.800. The molecule has 0 aromatic carbocycles. The van der Waals surface area contributed by atoms with Gasteiger partial charge in [-0.3, -0.25) is 4.79 Å². The highest BCUT2D eigenvalue weighted by atomic mass is 32.1. The third-order valence-corrected chi connectivity index (χ3v) is 5.60. The number of ether oxygens (including phenoxy) is 1. The van der Waals surface area contributed by atoms with Crippen LogP contribution in [0.2, 0.25) is 0 Å². The summed E-state index contributed by atoms with van der Waals surface area (Å²) in [6.45, 7) is 10.9. The molecule has 3 heterocycles. The number of rotatable bonds is 2. The van der Waals surface area contributed by atoms with Gasteiger partial charge in [-0.05, 0) is 6.42 Å². The minimum absolute atomic E-state index is 0.0265. The summed E-state index contributed by atoms with van der Waals surface area (Å²) >= 11 is 1.65. The first-order chi connectivity index (χ1) is 10.4. The number of carbonyl (C=O) groups is 1. The molecule has 0 saturated carbocycles. The molecule has 2 saturated heterocycles. The Bertz CT molecular complexity index is 534. The van der Waals surface area contributed by atoms with E-state index in [1.807, 2.05) is 4.90 Å². The number of hydrogen-bond acceptors (Lipinski definition) is 6. The predicted molar refractivity (Wildman–Crippen MR) is 86.3 cm³/mol. The molecule has 0 spiro atoms. The maximum absolute atomic E-state index is 12.6. The van der Waals surface area contributed by atoms with Gasteiger partial charge in [0.05, 0.1) is 19.1 Å². The van der Waals surface area contributed by atoms with E-state index in [4.69, 9.17) is 4.74 Å². The van der Waals surface area contributed by atoms with Crippen molar-refractivity contribution < 1.29 is 9.53 Å². The average molecular weight is 324 g/mol. The van der Waals surface area contributed by atoms with Crippen LogP contribution in [0.1, 0.15) is 32.2 Å². The quantitative estimate of drug-likeness (QED) is 0.825. The lowest BCUT2D eigenvalue weighted by atomic mass is 9.98. The second-order valence-corrected chi connectivity index (χ2v) is 7.97. The third-order valence-electron chi connectivity index (χ3n) is 4.19. The van der Waals surface area contributed by atoms with Crippen LogP contribution in [0.25, 0.3) is 0 Å². The molecule has 3 rings (SSSR count). The van der Waals surface area contributed by atoms with Crippen LogP contribution in [-0.4, -0.2) is 60.4 Å². The molecule has 2 aliphatic rings. The number of nitrogens with zero attached hydrogens (tertiary/aromatic N) is 4. The second-order valence-electron chi connectivity index (χ2n) is 7.01. The molecule has 1 aromatic rings. The van der Waals surface area contributed by atoms with Gasteiger partial charge in [0.2, 0.25) is 11.0 Å². The van der Waals surface area contributed by atoms with E-state index in [2.05, 4.69) is 35.9 Å². The lowest BCUT2D eigenvalue weighted by molar-refractivity contribution is -0.138. The van der Waals surface area contributed by atoms with Gasteiger partial charge in [0.1, 0.15) is 5.01 Å². The molecular weight excluding hydrogens is 300 g/mol. The molecule has 6 nitrogen and oxygen atoms in total. The first-order valence-electron chi connectivity index (χ1n) is 7.90. The van der Waals surface area contributed by atoms with Crippen molar-refractivity contribution in [2.75, 3.05) is 44.3 Å². The third kappa shape index (κ3) is 3.25. The smallest absolute Gasteiger partial charge is 0.227 e. The topological polar surface area (TPSA) is 58.6 Å². The van der Waals surface area contributed by atoms with Crippen LogP contribution in [0, 0.1) is 5.92 Å². The summed E-state index contributed by atoms with van der Waals surface area (Å²) in [4.78, 5) is 16.7. The van der Waals surface area contributed by atoms with E-state index in [9.17, 15) is 4.79 Å². The minimum atomic E-state index is 0.0265. The normalized spacial score (nSPS) is 23.1. The van der Waals surface area contributed by atoms with E-state index in [0.717, 1.165) is 42.7 Å². The Morgan fingerprint density at radius 3 is 2.59 bits per heavy atom. The molecule has 0 radical (unpaired) electrons. The van der Waals surface area contributed by atoms with Crippen molar-refractivity contribution in [3.05, 3.63) is 5.01 Å². The molecule has 2 fully saturated rings. The first kappa shape index (κ1) is 15.7. The van der Waals surface area contributed by atoms with Crippen LogP contribution in [0.4, 0.5) is 5.13 Å². The molecule has 0 bridgehead atoms. The molecule has 7 heteroatoms. The number of hydrogen-bond donors (Lipinski definition) is 0. The van der Waals surface area contributed by atoms with Gasteiger partial charge in [-0.1, -0.05) is 32.1 Å². The molecule has 22 heavy (non-hydrogen) atoms. The maximum atomic E-state index is 12.6. The van der Waals surface area contributed by atoms with E-state index >= 15 is 0 Å². The second kappa shape index (κ2) is 6.12. The zero-order valence-corrected chi connectivity index (χ0v) is 14.4. The van der Waals surface area contributed by atoms with Gasteiger partial charge in [-0.2, -0.15) is 0 Å².